The summed E-state index contributed by atoms with van der Waals surface area (Å²) < 4.78 is 16.5. The van der Waals surface area contributed by atoms with Gasteiger partial charge in [-0.25, -0.2) is 0 Å². The Labute approximate surface area is 155 Å². The Morgan fingerprint density at radius 1 is 1.08 bits per heavy atom. The molecule has 2 aromatic rings. The van der Waals surface area contributed by atoms with Gasteiger partial charge in [0, 0.05) is 6.54 Å². The molecule has 0 saturated heterocycles. The maximum absolute atomic E-state index is 10.0. The summed E-state index contributed by atoms with van der Waals surface area (Å²) in [4.78, 5) is 0. The fourth-order valence-corrected chi connectivity index (χ4v) is 2.60. The van der Waals surface area contributed by atoms with Gasteiger partial charge in [0.05, 0.1) is 13.7 Å². The molecule has 5 nitrogen and oxygen atoms in total. The zero-order valence-corrected chi connectivity index (χ0v) is 15.8. The number of nitrogens with one attached hydrogen (secondary N) is 1. The number of aliphatic hydroxyl groups excluding tert-OH is 1. The first-order valence-electron chi connectivity index (χ1n) is 9.00. The van der Waals surface area contributed by atoms with E-state index in [2.05, 4.69) is 5.32 Å². The third kappa shape index (κ3) is 6.58. The van der Waals surface area contributed by atoms with Crippen molar-refractivity contribution >= 4 is 0 Å². The number of aliphatic hydroxyl groups is 1. The number of methoxy groups -OCH3 is 1. The minimum atomic E-state index is -0.551. The fraction of sp³-hybridized carbons (Fsp3) is 0.429. The van der Waals surface area contributed by atoms with Crippen LogP contribution in [0.25, 0.3) is 0 Å². The molecule has 142 valence electrons. The summed E-state index contributed by atoms with van der Waals surface area (Å²) in [6.07, 6.45) is 0.291. The van der Waals surface area contributed by atoms with E-state index >= 15 is 0 Å². The van der Waals surface area contributed by atoms with Crippen molar-refractivity contribution in [1.29, 1.82) is 0 Å². The average Bonchev–Trinajstić information content (AvgIpc) is 2.65. The Morgan fingerprint density at radius 2 is 1.92 bits per heavy atom. The molecule has 0 aliphatic rings. The number of aryl methyl sites for hydroxylation is 1. The van der Waals surface area contributed by atoms with Crippen molar-refractivity contribution in [3.8, 4) is 17.2 Å². The molecule has 5 heteroatoms. The number of rotatable bonds is 11. The minimum absolute atomic E-state index is 0.271. The highest BCUT2D eigenvalue weighted by molar-refractivity contribution is 5.43. The van der Waals surface area contributed by atoms with Crippen LogP contribution >= 0.6 is 0 Å². The molecule has 0 amide bonds. The second-order valence-electron chi connectivity index (χ2n) is 6.15. The van der Waals surface area contributed by atoms with Crippen LogP contribution in [0.3, 0.4) is 0 Å². The topological polar surface area (TPSA) is 60.0 Å². The molecule has 0 heterocycles. The summed E-state index contributed by atoms with van der Waals surface area (Å²) in [5.74, 6) is 2.29. The van der Waals surface area contributed by atoms with Crippen molar-refractivity contribution in [3.05, 3.63) is 53.6 Å². The van der Waals surface area contributed by atoms with E-state index in [9.17, 15) is 5.11 Å². The van der Waals surface area contributed by atoms with Gasteiger partial charge in [0.15, 0.2) is 11.5 Å². The van der Waals surface area contributed by atoms with Gasteiger partial charge in [-0.3, -0.25) is 0 Å². The molecule has 2 rings (SSSR count). The largest absolute Gasteiger partial charge is 0.493 e. The van der Waals surface area contributed by atoms with Crippen molar-refractivity contribution in [2.75, 3.05) is 33.4 Å². The van der Waals surface area contributed by atoms with Gasteiger partial charge in [0.1, 0.15) is 18.5 Å². The molecule has 0 bridgehead atoms. The Balaban J connectivity index is 1.69. The predicted octanol–water partition coefficient (Wildman–Crippen LogP) is 2.97. The van der Waals surface area contributed by atoms with Crippen LogP contribution in [-0.4, -0.2) is 44.6 Å². The van der Waals surface area contributed by atoms with Gasteiger partial charge < -0.3 is 24.6 Å². The molecule has 0 aliphatic carbocycles. The SMILES string of the molecule is CCOc1ccc(CCNC[C@@H](O)COc2cccc(C)c2)cc1OC. The molecule has 0 spiro atoms. The lowest BCUT2D eigenvalue weighted by molar-refractivity contribution is 0.106. The van der Waals surface area contributed by atoms with Gasteiger partial charge in [0.2, 0.25) is 0 Å². The van der Waals surface area contributed by atoms with Crippen molar-refractivity contribution in [2.24, 2.45) is 0 Å². The van der Waals surface area contributed by atoms with Crippen LogP contribution in [0.1, 0.15) is 18.1 Å². The lowest BCUT2D eigenvalue weighted by Gasteiger charge is -2.14. The van der Waals surface area contributed by atoms with E-state index in [-0.39, 0.29) is 6.61 Å². The van der Waals surface area contributed by atoms with E-state index in [1.807, 2.05) is 56.3 Å². The molecule has 2 N–H and O–H groups in total. The first kappa shape index (κ1) is 20.1. The van der Waals surface area contributed by atoms with E-state index in [4.69, 9.17) is 14.2 Å². The summed E-state index contributed by atoms with van der Waals surface area (Å²) in [6.45, 7) is 6.09. The molecular formula is C21H29NO4. The molecule has 26 heavy (non-hydrogen) atoms. The molecule has 0 aromatic heterocycles. The van der Waals surface area contributed by atoms with Crippen molar-refractivity contribution in [2.45, 2.75) is 26.4 Å². The van der Waals surface area contributed by atoms with Crippen LogP contribution in [0, 0.1) is 6.92 Å². The highest BCUT2D eigenvalue weighted by atomic mass is 16.5. The zero-order chi connectivity index (χ0) is 18.8. The standard InChI is InChI=1S/C21H29NO4/c1-4-25-20-9-8-17(13-21(20)24-3)10-11-22-14-18(23)15-26-19-7-5-6-16(2)12-19/h5-9,12-13,18,22-23H,4,10-11,14-15H2,1-3H3/t18-/m1/s1. The number of benzene rings is 2. The molecule has 0 saturated carbocycles. The fourth-order valence-electron chi connectivity index (χ4n) is 2.60. The van der Waals surface area contributed by atoms with Gasteiger partial charge in [-0.15, -0.1) is 0 Å². The molecule has 0 aliphatic heterocycles. The second-order valence-corrected chi connectivity index (χ2v) is 6.15. The molecular weight excluding hydrogens is 330 g/mol. The lowest BCUT2D eigenvalue weighted by atomic mass is 10.1. The van der Waals surface area contributed by atoms with E-state index in [0.717, 1.165) is 41.3 Å². The summed E-state index contributed by atoms with van der Waals surface area (Å²) in [5.41, 5.74) is 2.30. The smallest absolute Gasteiger partial charge is 0.161 e. The molecule has 1 atom stereocenters. The van der Waals surface area contributed by atoms with Gasteiger partial charge in [0.25, 0.3) is 0 Å². The highest BCUT2D eigenvalue weighted by Crippen LogP contribution is 2.28. The Morgan fingerprint density at radius 3 is 2.65 bits per heavy atom. The van der Waals surface area contributed by atoms with Gasteiger partial charge in [-0.1, -0.05) is 18.2 Å². The zero-order valence-electron chi connectivity index (χ0n) is 15.8. The molecule has 2 aromatic carbocycles. The van der Waals surface area contributed by atoms with Crippen molar-refractivity contribution < 1.29 is 19.3 Å². The number of hydrogen-bond donors (Lipinski definition) is 2. The predicted molar refractivity (Wildman–Crippen MR) is 103 cm³/mol. The van der Waals surface area contributed by atoms with Crippen LogP contribution in [0.15, 0.2) is 42.5 Å². The third-order valence-electron chi connectivity index (χ3n) is 3.93. The Hall–Kier alpha value is -2.24. The average molecular weight is 359 g/mol. The van der Waals surface area contributed by atoms with Crippen LogP contribution in [-0.2, 0) is 6.42 Å². The number of hydrogen-bond acceptors (Lipinski definition) is 5. The van der Waals surface area contributed by atoms with Crippen LogP contribution < -0.4 is 19.5 Å². The van der Waals surface area contributed by atoms with Gasteiger partial charge in [-0.05, 0) is 62.2 Å². The minimum Gasteiger partial charge on any atom is -0.493 e. The first-order valence-corrected chi connectivity index (χ1v) is 9.00. The normalized spacial score (nSPS) is 11.8. The van der Waals surface area contributed by atoms with Gasteiger partial charge in [-0.2, -0.15) is 0 Å². The number of ether oxygens (including phenoxy) is 3. The second kappa shape index (κ2) is 10.7. The third-order valence-corrected chi connectivity index (χ3v) is 3.93. The van der Waals surface area contributed by atoms with Crippen molar-refractivity contribution in [1.82, 2.24) is 5.32 Å². The molecule has 0 fully saturated rings. The van der Waals surface area contributed by atoms with Crippen molar-refractivity contribution in [3.63, 3.8) is 0 Å². The summed E-state index contributed by atoms with van der Waals surface area (Å²) >= 11 is 0. The van der Waals surface area contributed by atoms with Crippen LogP contribution in [0.4, 0.5) is 0 Å². The van der Waals surface area contributed by atoms with E-state index in [1.54, 1.807) is 7.11 Å². The van der Waals surface area contributed by atoms with E-state index in [0.29, 0.717) is 13.2 Å². The first-order chi connectivity index (χ1) is 12.6. The van der Waals surface area contributed by atoms with Crippen LogP contribution in [0.2, 0.25) is 0 Å². The quantitative estimate of drug-likeness (QED) is 0.604. The highest BCUT2D eigenvalue weighted by Gasteiger charge is 2.07. The summed E-state index contributed by atoms with van der Waals surface area (Å²) in [7, 11) is 1.64. The van der Waals surface area contributed by atoms with E-state index in [1.165, 1.54) is 0 Å². The maximum Gasteiger partial charge on any atom is 0.161 e. The summed E-state index contributed by atoms with van der Waals surface area (Å²) in [6, 6.07) is 13.8. The lowest BCUT2D eigenvalue weighted by Crippen LogP contribution is -2.32. The van der Waals surface area contributed by atoms with Gasteiger partial charge >= 0.3 is 0 Å². The molecule has 0 radical (unpaired) electrons. The molecule has 0 unspecified atom stereocenters. The Bertz CT molecular complexity index is 675. The monoisotopic (exact) mass is 359 g/mol. The van der Waals surface area contributed by atoms with Crippen LogP contribution in [0.5, 0.6) is 17.2 Å². The maximum atomic E-state index is 10.0. The summed E-state index contributed by atoms with van der Waals surface area (Å²) in [5, 5.41) is 13.3. The van der Waals surface area contributed by atoms with E-state index < -0.39 is 6.10 Å². The Kier molecular flexibility index (Phi) is 8.25.